The topological polar surface area (TPSA) is 72.6 Å². The molecule has 0 aromatic heterocycles. The van der Waals surface area contributed by atoms with E-state index in [2.05, 4.69) is 0 Å². The molecule has 2 rings (SSSR count). The molecule has 0 aliphatic heterocycles. The third-order valence-corrected chi connectivity index (χ3v) is 2.92. The Morgan fingerprint density at radius 3 is 2.35 bits per heavy atom. The summed E-state index contributed by atoms with van der Waals surface area (Å²) in [4.78, 5) is 11.8. The number of rotatable bonds is 5. The van der Waals surface area contributed by atoms with Gasteiger partial charge < -0.3 is 15.6 Å². The second-order valence-electron chi connectivity index (χ2n) is 4.57. The van der Waals surface area contributed by atoms with Crippen LogP contribution in [0.3, 0.4) is 0 Å². The van der Waals surface area contributed by atoms with Crippen LogP contribution in [0.1, 0.15) is 11.1 Å². The quantitative estimate of drug-likeness (QED) is 0.816. The Balaban J connectivity index is 1.83. The van der Waals surface area contributed by atoms with Crippen molar-refractivity contribution in [3.05, 3.63) is 65.7 Å². The molecule has 2 aromatic carbocycles. The zero-order valence-electron chi connectivity index (χ0n) is 11.0. The molecule has 4 heteroatoms. The molecule has 0 aliphatic rings. The monoisotopic (exact) mass is 271 g/mol. The first-order valence-corrected chi connectivity index (χ1v) is 6.39. The number of nitrogens with two attached hydrogens (primary N) is 1. The number of esters is 1. The first-order valence-electron chi connectivity index (χ1n) is 6.39. The highest BCUT2D eigenvalue weighted by atomic mass is 16.5. The number of aromatic hydroxyl groups is 1. The van der Waals surface area contributed by atoms with E-state index in [1.807, 2.05) is 30.3 Å². The summed E-state index contributed by atoms with van der Waals surface area (Å²) in [6, 6.07) is 15.4. The van der Waals surface area contributed by atoms with Gasteiger partial charge in [0, 0.05) is 0 Å². The molecule has 0 fully saturated rings. The average Bonchev–Trinajstić information content (AvgIpc) is 2.47. The van der Waals surface area contributed by atoms with Crippen molar-refractivity contribution in [3.63, 3.8) is 0 Å². The van der Waals surface area contributed by atoms with Gasteiger partial charge in [0.15, 0.2) is 0 Å². The molecule has 104 valence electrons. The Morgan fingerprint density at radius 1 is 1.05 bits per heavy atom. The lowest BCUT2D eigenvalue weighted by molar-refractivity contribution is -0.146. The molecule has 0 saturated carbocycles. The van der Waals surface area contributed by atoms with E-state index < -0.39 is 12.0 Å². The highest BCUT2D eigenvalue weighted by Gasteiger charge is 2.15. The summed E-state index contributed by atoms with van der Waals surface area (Å²) >= 11 is 0. The number of carbonyl (C=O) groups is 1. The largest absolute Gasteiger partial charge is 0.508 e. The molecule has 0 aliphatic carbocycles. The van der Waals surface area contributed by atoms with Gasteiger partial charge in [-0.05, 0) is 29.7 Å². The first kappa shape index (κ1) is 14.1. The Morgan fingerprint density at radius 2 is 1.70 bits per heavy atom. The SMILES string of the molecule is N[C@@H](Cc1ccccc1)C(=O)OCc1ccc(O)cc1. The molecule has 0 saturated heterocycles. The normalized spacial score (nSPS) is 11.8. The third-order valence-electron chi connectivity index (χ3n) is 2.92. The van der Waals surface area contributed by atoms with Crippen molar-refractivity contribution in [1.82, 2.24) is 0 Å². The molecule has 0 spiro atoms. The summed E-state index contributed by atoms with van der Waals surface area (Å²) in [6.07, 6.45) is 0.454. The maximum Gasteiger partial charge on any atom is 0.323 e. The van der Waals surface area contributed by atoms with Crippen LogP contribution < -0.4 is 5.73 Å². The zero-order chi connectivity index (χ0) is 14.4. The van der Waals surface area contributed by atoms with Crippen LogP contribution in [0.25, 0.3) is 0 Å². The Labute approximate surface area is 117 Å². The number of ether oxygens (including phenoxy) is 1. The van der Waals surface area contributed by atoms with Gasteiger partial charge in [0.2, 0.25) is 0 Å². The van der Waals surface area contributed by atoms with Gasteiger partial charge in [0.1, 0.15) is 18.4 Å². The molecule has 3 N–H and O–H groups in total. The molecule has 0 radical (unpaired) electrons. The number of hydrogen-bond donors (Lipinski definition) is 2. The molecule has 0 bridgehead atoms. The fourth-order valence-corrected chi connectivity index (χ4v) is 1.81. The van der Waals surface area contributed by atoms with Gasteiger partial charge in [-0.25, -0.2) is 0 Å². The van der Waals surface area contributed by atoms with Crippen molar-refractivity contribution in [3.8, 4) is 5.75 Å². The second-order valence-corrected chi connectivity index (χ2v) is 4.57. The van der Waals surface area contributed by atoms with Gasteiger partial charge in [-0.15, -0.1) is 0 Å². The molecular formula is C16H17NO3. The minimum absolute atomic E-state index is 0.154. The highest BCUT2D eigenvalue weighted by Crippen LogP contribution is 2.11. The highest BCUT2D eigenvalue weighted by molar-refractivity contribution is 5.75. The average molecular weight is 271 g/mol. The molecule has 0 unspecified atom stereocenters. The van der Waals surface area contributed by atoms with Crippen molar-refractivity contribution in [2.45, 2.75) is 19.1 Å². The van der Waals surface area contributed by atoms with Crippen molar-refractivity contribution in [1.29, 1.82) is 0 Å². The van der Waals surface area contributed by atoms with Gasteiger partial charge >= 0.3 is 5.97 Å². The molecule has 20 heavy (non-hydrogen) atoms. The predicted molar refractivity (Wildman–Crippen MR) is 76.0 cm³/mol. The number of benzene rings is 2. The smallest absolute Gasteiger partial charge is 0.323 e. The zero-order valence-corrected chi connectivity index (χ0v) is 11.0. The summed E-state index contributed by atoms with van der Waals surface area (Å²) in [5.74, 6) is -0.247. The van der Waals surface area contributed by atoms with E-state index in [4.69, 9.17) is 15.6 Å². The van der Waals surface area contributed by atoms with Crippen molar-refractivity contribution in [2.75, 3.05) is 0 Å². The number of hydrogen-bond acceptors (Lipinski definition) is 4. The Bertz CT molecular complexity index is 552. The molecule has 0 heterocycles. The van der Waals surface area contributed by atoms with Gasteiger partial charge in [-0.2, -0.15) is 0 Å². The van der Waals surface area contributed by atoms with Gasteiger partial charge in [0.05, 0.1) is 0 Å². The summed E-state index contributed by atoms with van der Waals surface area (Å²) in [5, 5.41) is 9.16. The maximum atomic E-state index is 11.8. The fraction of sp³-hybridized carbons (Fsp3) is 0.188. The van der Waals surface area contributed by atoms with E-state index in [1.54, 1.807) is 24.3 Å². The van der Waals surface area contributed by atoms with E-state index >= 15 is 0 Å². The van der Waals surface area contributed by atoms with E-state index in [9.17, 15) is 4.79 Å². The lowest BCUT2D eigenvalue weighted by Gasteiger charge is -2.11. The van der Waals surface area contributed by atoms with Crippen LogP contribution in [0.5, 0.6) is 5.75 Å². The minimum Gasteiger partial charge on any atom is -0.508 e. The number of phenols is 1. The van der Waals surface area contributed by atoms with E-state index in [0.717, 1.165) is 11.1 Å². The first-order chi connectivity index (χ1) is 9.65. The third kappa shape index (κ3) is 4.10. The molecule has 4 nitrogen and oxygen atoms in total. The van der Waals surface area contributed by atoms with Crippen molar-refractivity contribution in [2.24, 2.45) is 5.73 Å². The fourth-order valence-electron chi connectivity index (χ4n) is 1.81. The van der Waals surface area contributed by atoms with E-state index in [-0.39, 0.29) is 12.4 Å². The van der Waals surface area contributed by atoms with Gasteiger partial charge in [0.25, 0.3) is 0 Å². The lowest BCUT2D eigenvalue weighted by atomic mass is 10.1. The van der Waals surface area contributed by atoms with Crippen molar-refractivity contribution < 1.29 is 14.6 Å². The summed E-state index contributed by atoms with van der Waals surface area (Å²) < 4.78 is 5.16. The Hall–Kier alpha value is -2.33. The van der Waals surface area contributed by atoms with Crippen LogP contribution >= 0.6 is 0 Å². The number of phenolic OH excluding ortho intramolecular Hbond substituents is 1. The maximum absolute atomic E-state index is 11.8. The van der Waals surface area contributed by atoms with Crippen LogP contribution in [-0.2, 0) is 22.6 Å². The summed E-state index contributed by atoms with van der Waals surface area (Å²) in [7, 11) is 0. The molecular weight excluding hydrogens is 254 g/mol. The molecule has 0 amide bonds. The van der Waals surface area contributed by atoms with Crippen LogP contribution in [0.15, 0.2) is 54.6 Å². The summed E-state index contributed by atoms with van der Waals surface area (Å²) in [6.45, 7) is 0.154. The van der Waals surface area contributed by atoms with Gasteiger partial charge in [-0.1, -0.05) is 42.5 Å². The predicted octanol–water partition coefficient (Wildman–Crippen LogP) is 2.01. The number of carbonyl (C=O) groups excluding carboxylic acids is 1. The van der Waals surface area contributed by atoms with Crippen LogP contribution in [0.2, 0.25) is 0 Å². The van der Waals surface area contributed by atoms with Crippen molar-refractivity contribution >= 4 is 5.97 Å². The molecule has 2 aromatic rings. The van der Waals surface area contributed by atoms with Crippen LogP contribution in [-0.4, -0.2) is 17.1 Å². The second kappa shape index (κ2) is 6.73. The van der Waals surface area contributed by atoms with Crippen LogP contribution in [0.4, 0.5) is 0 Å². The van der Waals surface area contributed by atoms with Gasteiger partial charge in [-0.3, -0.25) is 4.79 Å². The van der Waals surface area contributed by atoms with Crippen LogP contribution in [0, 0.1) is 0 Å². The molecule has 1 atom stereocenters. The van der Waals surface area contributed by atoms with E-state index in [1.165, 1.54) is 0 Å². The lowest BCUT2D eigenvalue weighted by Crippen LogP contribution is -2.34. The minimum atomic E-state index is -0.672. The standard InChI is InChI=1S/C16H17NO3/c17-15(10-12-4-2-1-3-5-12)16(19)20-11-13-6-8-14(18)9-7-13/h1-9,15,18H,10-11,17H2/t15-/m0/s1. The van der Waals surface area contributed by atoms with E-state index in [0.29, 0.717) is 6.42 Å². The Kier molecular flexibility index (Phi) is 4.74. The summed E-state index contributed by atoms with van der Waals surface area (Å²) in [5.41, 5.74) is 7.63.